The van der Waals surface area contributed by atoms with Crippen LogP contribution in [-0.2, 0) is 17.9 Å². The standard InChI is InChI=1S/C19H21BrFNO2/c20-16-7-8-19(24-13-14-4-1-2-6-18(14)21)15(10-16)11-22-12-17-5-3-9-23-17/h1-2,4,6-8,10,17,22H,3,5,9,11-13H2/t17-/m0/s1. The Hall–Kier alpha value is -1.43. The van der Waals surface area contributed by atoms with Crippen molar-refractivity contribution in [2.45, 2.75) is 32.1 Å². The fourth-order valence-corrected chi connectivity index (χ4v) is 3.18. The maximum atomic E-state index is 13.7. The van der Waals surface area contributed by atoms with Crippen LogP contribution < -0.4 is 10.1 Å². The summed E-state index contributed by atoms with van der Waals surface area (Å²) in [6, 6.07) is 12.5. The molecule has 0 spiro atoms. The lowest BCUT2D eigenvalue weighted by atomic mass is 10.2. The minimum Gasteiger partial charge on any atom is -0.488 e. The fraction of sp³-hybridized carbons (Fsp3) is 0.368. The van der Waals surface area contributed by atoms with E-state index in [4.69, 9.17) is 9.47 Å². The van der Waals surface area contributed by atoms with Crippen molar-refractivity contribution < 1.29 is 13.9 Å². The average Bonchev–Trinajstić information content (AvgIpc) is 3.09. The van der Waals surface area contributed by atoms with Crippen molar-refractivity contribution >= 4 is 15.9 Å². The number of hydrogen-bond acceptors (Lipinski definition) is 3. The molecule has 0 bridgehead atoms. The van der Waals surface area contributed by atoms with Gasteiger partial charge in [-0.2, -0.15) is 0 Å². The van der Waals surface area contributed by atoms with Gasteiger partial charge in [-0.3, -0.25) is 0 Å². The van der Waals surface area contributed by atoms with Crippen molar-refractivity contribution in [1.29, 1.82) is 0 Å². The zero-order valence-corrected chi connectivity index (χ0v) is 15.0. The van der Waals surface area contributed by atoms with Gasteiger partial charge in [0.05, 0.1) is 6.10 Å². The summed E-state index contributed by atoms with van der Waals surface area (Å²) < 4.78 is 26.2. The lowest BCUT2D eigenvalue weighted by Gasteiger charge is -2.15. The van der Waals surface area contributed by atoms with E-state index in [-0.39, 0.29) is 12.4 Å². The Morgan fingerprint density at radius 2 is 2.08 bits per heavy atom. The SMILES string of the molecule is Fc1ccccc1COc1ccc(Br)cc1CNC[C@@H]1CCCO1. The van der Waals surface area contributed by atoms with Gasteiger partial charge in [0.25, 0.3) is 0 Å². The number of nitrogens with one attached hydrogen (secondary N) is 1. The Morgan fingerprint density at radius 1 is 1.21 bits per heavy atom. The second kappa shape index (κ2) is 8.60. The zero-order valence-electron chi connectivity index (χ0n) is 13.4. The normalized spacial score (nSPS) is 17.2. The molecular weight excluding hydrogens is 373 g/mol. The van der Waals surface area contributed by atoms with Crippen LogP contribution >= 0.6 is 15.9 Å². The van der Waals surface area contributed by atoms with E-state index in [0.29, 0.717) is 18.2 Å². The highest BCUT2D eigenvalue weighted by atomic mass is 79.9. The first-order valence-electron chi connectivity index (χ1n) is 8.19. The van der Waals surface area contributed by atoms with Gasteiger partial charge in [-0.25, -0.2) is 4.39 Å². The van der Waals surface area contributed by atoms with E-state index in [1.807, 2.05) is 24.3 Å². The number of halogens is 2. The van der Waals surface area contributed by atoms with E-state index in [2.05, 4.69) is 21.2 Å². The third-order valence-electron chi connectivity index (χ3n) is 4.07. The Bertz CT molecular complexity index is 674. The summed E-state index contributed by atoms with van der Waals surface area (Å²) >= 11 is 3.49. The minimum absolute atomic E-state index is 0.215. The third kappa shape index (κ3) is 4.79. The molecule has 0 amide bonds. The molecular formula is C19H21BrFNO2. The highest BCUT2D eigenvalue weighted by Gasteiger charge is 2.15. The van der Waals surface area contributed by atoms with E-state index < -0.39 is 0 Å². The molecule has 2 aromatic rings. The molecule has 1 saturated heterocycles. The van der Waals surface area contributed by atoms with Crippen LogP contribution in [0.2, 0.25) is 0 Å². The summed E-state index contributed by atoms with van der Waals surface area (Å²) in [6.07, 6.45) is 2.56. The molecule has 0 saturated carbocycles. The van der Waals surface area contributed by atoms with Crippen molar-refractivity contribution in [3.05, 3.63) is 63.9 Å². The van der Waals surface area contributed by atoms with E-state index in [9.17, 15) is 4.39 Å². The molecule has 0 unspecified atom stereocenters. The van der Waals surface area contributed by atoms with Crippen LogP contribution in [0, 0.1) is 5.82 Å². The summed E-state index contributed by atoms with van der Waals surface area (Å²) in [6.45, 7) is 2.60. The smallest absolute Gasteiger partial charge is 0.129 e. The predicted molar refractivity (Wildman–Crippen MR) is 95.6 cm³/mol. The van der Waals surface area contributed by atoms with Crippen molar-refractivity contribution in [1.82, 2.24) is 5.32 Å². The van der Waals surface area contributed by atoms with Crippen LogP contribution in [0.4, 0.5) is 4.39 Å². The molecule has 3 rings (SSSR count). The molecule has 0 aliphatic carbocycles. The lowest BCUT2D eigenvalue weighted by molar-refractivity contribution is 0.110. The molecule has 1 heterocycles. The number of ether oxygens (including phenoxy) is 2. The van der Waals surface area contributed by atoms with Crippen LogP contribution in [0.3, 0.4) is 0 Å². The number of benzene rings is 2. The van der Waals surface area contributed by atoms with Gasteiger partial charge in [0.15, 0.2) is 0 Å². The highest BCUT2D eigenvalue weighted by Crippen LogP contribution is 2.24. The predicted octanol–water partition coefficient (Wildman–Crippen LogP) is 4.44. The molecule has 1 aliphatic rings. The van der Waals surface area contributed by atoms with Crippen LogP contribution in [0.1, 0.15) is 24.0 Å². The number of hydrogen-bond donors (Lipinski definition) is 1. The molecule has 0 radical (unpaired) electrons. The molecule has 5 heteroatoms. The van der Waals surface area contributed by atoms with Crippen LogP contribution in [-0.4, -0.2) is 19.3 Å². The third-order valence-corrected chi connectivity index (χ3v) is 4.57. The van der Waals surface area contributed by atoms with Gasteiger partial charge in [-0.15, -0.1) is 0 Å². The first kappa shape index (κ1) is 17.4. The van der Waals surface area contributed by atoms with Gasteiger partial charge in [0, 0.05) is 35.3 Å². The van der Waals surface area contributed by atoms with Gasteiger partial charge in [0.2, 0.25) is 0 Å². The van der Waals surface area contributed by atoms with Crippen molar-refractivity contribution in [3.63, 3.8) is 0 Å². The largest absolute Gasteiger partial charge is 0.488 e. The molecule has 2 aromatic carbocycles. The Balaban J connectivity index is 1.60. The van der Waals surface area contributed by atoms with Gasteiger partial charge >= 0.3 is 0 Å². The first-order chi connectivity index (χ1) is 11.7. The molecule has 24 heavy (non-hydrogen) atoms. The molecule has 1 aliphatic heterocycles. The second-order valence-electron chi connectivity index (χ2n) is 5.90. The molecule has 1 fully saturated rings. The van der Waals surface area contributed by atoms with Crippen molar-refractivity contribution in [3.8, 4) is 5.75 Å². The van der Waals surface area contributed by atoms with Crippen LogP contribution in [0.5, 0.6) is 5.75 Å². The van der Waals surface area contributed by atoms with E-state index in [1.54, 1.807) is 12.1 Å². The van der Waals surface area contributed by atoms with Gasteiger partial charge < -0.3 is 14.8 Å². The maximum Gasteiger partial charge on any atom is 0.129 e. The van der Waals surface area contributed by atoms with E-state index in [0.717, 1.165) is 41.8 Å². The minimum atomic E-state index is -0.243. The lowest BCUT2D eigenvalue weighted by Crippen LogP contribution is -2.26. The quantitative estimate of drug-likeness (QED) is 0.754. The second-order valence-corrected chi connectivity index (χ2v) is 6.81. The first-order valence-corrected chi connectivity index (χ1v) is 8.98. The Labute approximate surface area is 150 Å². The Kier molecular flexibility index (Phi) is 6.24. The van der Waals surface area contributed by atoms with Crippen LogP contribution in [0.25, 0.3) is 0 Å². The highest BCUT2D eigenvalue weighted by molar-refractivity contribution is 9.10. The van der Waals surface area contributed by atoms with Crippen LogP contribution in [0.15, 0.2) is 46.9 Å². The van der Waals surface area contributed by atoms with Gasteiger partial charge in [-0.1, -0.05) is 34.1 Å². The Morgan fingerprint density at radius 3 is 2.88 bits per heavy atom. The topological polar surface area (TPSA) is 30.5 Å². The monoisotopic (exact) mass is 393 g/mol. The summed E-state index contributed by atoms with van der Waals surface area (Å²) in [7, 11) is 0. The number of rotatable bonds is 7. The summed E-state index contributed by atoms with van der Waals surface area (Å²) in [5.41, 5.74) is 1.59. The van der Waals surface area contributed by atoms with Gasteiger partial charge in [0.1, 0.15) is 18.2 Å². The zero-order chi connectivity index (χ0) is 16.8. The fourth-order valence-electron chi connectivity index (χ4n) is 2.77. The summed E-state index contributed by atoms with van der Waals surface area (Å²) in [4.78, 5) is 0. The molecule has 128 valence electrons. The molecule has 1 atom stereocenters. The summed E-state index contributed by atoms with van der Waals surface area (Å²) in [5.74, 6) is 0.522. The molecule has 1 N–H and O–H groups in total. The van der Waals surface area contributed by atoms with Crippen molar-refractivity contribution in [2.24, 2.45) is 0 Å². The van der Waals surface area contributed by atoms with E-state index in [1.165, 1.54) is 6.07 Å². The van der Waals surface area contributed by atoms with Crippen molar-refractivity contribution in [2.75, 3.05) is 13.2 Å². The molecule has 3 nitrogen and oxygen atoms in total. The average molecular weight is 394 g/mol. The van der Waals surface area contributed by atoms with Gasteiger partial charge in [-0.05, 0) is 37.1 Å². The summed E-state index contributed by atoms with van der Waals surface area (Å²) in [5, 5.41) is 3.42. The maximum absolute atomic E-state index is 13.7. The molecule has 0 aromatic heterocycles. The van der Waals surface area contributed by atoms with E-state index >= 15 is 0 Å².